The number of aromatic nitrogens is 1. The van der Waals surface area contributed by atoms with E-state index in [0.29, 0.717) is 0 Å². The van der Waals surface area contributed by atoms with Gasteiger partial charge in [0.15, 0.2) is 0 Å². The Balaban J connectivity index is 2.63. The molecule has 2 aromatic carbocycles. The van der Waals surface area contributed by atoms with Crippen molar-refractivity contribution in [3.63, 3.8) is 0 Å². The Morgan fingerprint density at radius 2 is 1.29 bits per heavy atom. The monoisotopic (exact) mass is 223 g/mol. The Hall–Kier alpha value is -2.09. The average Bonchev–Trinajstić information content (AvgIpc) is 2.40. The zero-order valence-electron chi connectivity index (χ0n) is 10.1. The van der Waals surface area contributed by atoms with Crippen molar-refractivity contribution in [3.8, 4) is 0 Å². The number of rotatable bonds is 1. The first-order valence-electron chi connectivity index (χ1n) is 5.80. The van der Waals surface area contributed by atoms with Gasteiger partial charge in [0, 0.05) is 19.2 Å². The number of hydrogen-bond donors (Lipinski definition) is 1. The normalized spacial score (nSPS) is 10.9. The summed E-state index contributed by atoms with van der Waals surface area (Å²) in [6.07, 6.45) is 0. The number of aryl methyl sites for hydroxylation is 1. The molecule has 1 aromatic heterocycles. The van der Waals surface area contributed by atoms with Gasteiger partial charge in [0.1, 0.15) is 7.05 Å². The van der Waals surface area contributed by atoms with Crippen LogP contribution in [0.5, 0.6) is 0 Å². The molecule has 0 atom stereocenters. The largest absolute Gasteiger partial charge is 0.387 e. The van der Waals surface area contributed by atoms with Crippen molar-refractivity contribution in [2.24, 2.45) is 7.05 Å². The average molecular weight is 223 g/mol. The predicted octanol–water partition coefficient (Wildman–Crippen LogP) is 2.86. The van der Waals surface area contributed by atoms with Gasteiger partial charge in [-0.2, -0.15) is 4.57 Å². The fraction of sp³-hybridized carbons (Fsp3) is 0.133. The predicted molar refractivity (Wildman–Crippen MR) is 72.2 cm³/mol. The summed E-state index contributed by atoms with van der Waals surface area (Å²) in [4.78, 5) is 0. The molecule has 3 rings (SSSR count). The van der Waals surface area contributed by atoms with E-state index in [9.17, 15) is 0 Å². The molecule has 0 amide bonds. The lowest BCUT2D eigenvalue weighted by atomic mass is 10.1. The van der Waals surface area contributed by atoms with Crippen LogP contribution in [-0.4, -0.2) is 7.05 Å². The van der Waals surface area contributed by atoms with E-state index < -0.39 is 0 Å². The molecule has 3 aromatic rings. The highest BCUT2D eigenvalue weighted by Crippen LogP contribution is 2.28. The minimum atomic E-state index is 1.20. The number of para-hydroxylation sites is 2. The molecular weight excluding hydrogens is 208 g/mol. The molecule has 84 valence electrons. The maximum absolute atomic E-state index is 3.33. The SMILES string of the molecule is CNc1c2ccccc2[n+](C)c2ccccc12. The highest BCUT2D eigenvalue weighted by molar-refractivity contribution is 6.04. The van der Waals surface area contributed by atoms with Crippen LogP contribution in [0.15, 0.2) is 48.5 Å². The van der Waals surface area contributed by atoms with E-state index >= 15 is 0 Å². The Bertz CT molecular complexity index is 645. The lowest BCUT2D eigenvalue weighted by molar-refractivity contribution is -0.617. The molecule has 0 aliphatic rings. The van der Waals surface area contributed by atoms with Crippen molar-refractivity contribution in [2.75, 3.05) is 12.4 Å². The molecule has 0 fully saturated rings. The van der Waals surface area contributed by atoms with Crippen molar-refractivity contribution in [1.82, 2.24) is 0 Å². The van der Waals surface area contributed by atoms with Crippen LogP contribution in [0, 0.1) is 0 Å². The number of fused-ring (bicyclic) bond motifs is 2. The van der Waals surface area contributed by atoms with Gasteiger partial charge in [-0.15, -0.1) is 0 Å². The summed E-state index contributed by atoms with van der Waals surface area (Å²) in [5.41, 5.74) is 3.69. The quantitative estimate of drug-likeness (QED) is 0.495. The topological polar surface area (TPSA) is 15.9 Å². The molecule has 0 saturated carbocycles. The molecule has 2 nitrogen and oxygen atoms in total. The second kappa shape index (κ2) is 3.74. The summed E-state index contributed by atoms with van der Waals surface area (Å²) < 4.78 is 2.24. The third-order valence-electron chi connectivity index (χ3n) is 3.32. The second-order valence-electron chi connectivity index (χ2n) is 4.22. The Morgan fingerprint density at radius 3 is 1.76 bits per heavy atom. The zero-order chi connectivity index (χ0) is 11.8. The van der Waals surface area contributed by atoms with Crippen LogP contribution < -0.4 is 9.88 Å². The first-order valence-corrected chi connectivity index (χ1v) is 5.80. The second-order valence-corrected chi connectivity index (χ2v) is 4.22. The van der Waals surface area contributed by atoms with Crippen molar-refractivity contribution >= 4 is 27.5 Å². The fourth-order valence-electron chi connectivity index (χ4n) is 2.50. The van der Waals surface area contributed by atoms with E-state index in [0.717, 1.165) is 0 Å². The van der Waals surface area contributed by atoms with Crippen LogP contribution in [0.2, 0.25) is 0 Å². The Kier molecular flexibility index (Phi) is 2.22. The van der Waals surface area contributed by atoms with Crippen LogP contribution in [0.25, 0.3) is 21.8 Å². The van der Waals surface area contributed by atoms with Gasteiger partial charge in [0.25, 0.3) is 0 Å². The summed E-state index contributed by atoms with van der Waals surface area (Å²) >= 11 is 0. The third kappa shape index (κ3) is 1.37. The van der Waals surface area contributed by atoms with Crippen LogP contribution in [0.1, 0.15) is 0 Å². The first kappa shape index (κ1) is 10.1. The lowest BCUT2D eigenvalue weighted by Crippen LogP contribution is -2.30. The fourth-order valence-corrected chi connectivity index (χ4v) is 2.50. The molecule has 1 heterocycles. The molecule has 1 N–H and O–H groups in total. The standard InChI is InChI=1S/C15H14N2/c1-16-15-11-7-3-5-9-13(11)17(2)14-10-6-4-8-12(14)15/h3-10H,1-2H3/p+1. The molecule has 17 heavy (non-hydrogen) atoms. The number of hydrogen-bond acceptors (Lipinski definition) is 1. The van der Waals surface area contributed by atoms with Gasteiger partial charge in [-0.3, -0.25) is 0 Å². The van der Waals surface area contributed by atoms with Gasteiger partial charge in [0.05, 0.1) is 16.5 Å². The van der Waals surface area contributed by atoms with Crippen LogP contribution >= 0.6 is 0 Å². The van der Waals surface area contributed by atoms with E-state index in [1.807, 2.05) is 7.05 Å². The summed E-state index contributed by atoms with van der Waals surface area (Å²) in [6.45, 7) is 0. The smallest absolute Gasteiger partial charge is 0.214 e. The van der Waals surface area contributed by atoms with Gasteiger partial charge >= 0.3 is 0 Å². The van der Waals surface area contributed by atoms with E-state index in [4.69, 9.17) is 0 Å². The minimum Gasteiger partial charge on any atom is -0.387 e. The zero-order valence-corrected chi connectivity index (χ0v) is 10.1. The van der Waals surface area contributed by atoms with E-state index in [1.165, 1.54) is 27.5 Å². The van der Waals surface area contributed by atoms with Crippen molar-refractivity contribution in [2.45, 2.75) is 0 Å². The molecule has 0 bridgehead atoms. The van der Waals surface area contributed by atoms with Gasteiger partial charge in [-0.25, -0.2) is 0 Å². The molecule has 0 aliphatic carbocycles. The summed E-state index contributed by atoms with van der Waals surface area (Å²) in [5.74, 6) is 0. The van der Waals surface area contributed by atoms with Gasteiger partial charge < -0.3 is 5.32 Å². The van der Waals surface area contributed by atoms with Crippen molar-refractivity contribution < 1.29 is 4.57 Å². The summed E-state index contributed by atoms with van der Waals surface area (Å²) in [7, 11) is 4.10. The van der Waals surface area contributed by atoms with Gasteiger partial charge in [-0.1, -0.05) is 24.3 Å². The highest BCUT2D eigenvalue weighted by Gasteiger charge is 2.15. The molecule has 0 saturated heterocycles. The lowest BCUT2D eigenvalue weighted by Gasteiger charge is -2.08. The number of nitrogens with one attached hydrogen (secondary N) is 1. The minimum absolute atomic E-state index is 1.20. The molecule has 0 unspecified atom stereocenters. The molecule has 0 aliphatic heterocycles. The van der Waals surface area contributed by atoms with E-state index in [-0.39, 0.29) is 0 Å². The maximum atomic E-state index is 3.33. The van der Waals surface area contributed by atoms with E-state index in [1.54, 1.807) is 0 Å². The number of benzene rings is 2. The molecule has 0 radical (unpaired) electrons. The van der Waals surface area contributed by atoms with Crippen molar-refractivity contribution in [1.29, 1.82) is 0 Å². The number of anilines is 1. The summed E-state index contributed by atoms with van der Waals surface area (Å²) in [6, 6.07) is 17.0. The molecule has 0 spiro atoms. The van der Waals surface area contributed by atoms with Crippen molar-refractivity contribution in [3.05, 3.63) is 48.5 Å². The first-order chi connectivity index (χ1) is 8.33. The molecule has 2 heteroatoms. The highest BCUT2D eigenvalue weighted by atomic mass is 14.9. The van der Waals surface area contributed by atoms with E-state index in [2.05, 4.69) is 65.5 Å². The summed E-state index contributed by atoms with van der Waals surface area (Å²) in [5, 5.41) is 5.85. The van der Waals surface area contributed by atoms with Gasteiger partial charge in [-0.05, 0) is 12.1 Å². The number of nitrogens with zero attached hydrogens (tertiary/aromatic N) is 1. The number of pyridine rings is 1. The van der Waals surface area contributed by atoms with Crippen LogP contribution in [0.3, 0.4) is 0 Å². The Morgan fingerprint density at radius 1 is 0.824 bits per heavy atom. The maximum Gasteiger partial charge on any atom is 0.214 e. The molecular formula is C15H15N2+. The van der Waals surface area contributed by atoms with Gasteiger partial charge in [0.2, 0.25) is 11.0 Å². The van der Waals surface area contributed by atoms with Crippen LogP contribution in [-0.2, 0) is 7.05 Å². The third-order valence-corrected chi connectivity index (χ3v) is 3.32. The Labute approximate surface area is 101 Å². The van der Waals surface area contributed by atoms with Crippen LogP contribution in [0.4, 0.5) is 5.69 Å².